The molecule has 1 amide bonds. The maximum absolute atomic E-state index is 12.2. The number of carbonyl (C=O) groups excluding carboxylic acids is 1. The summed E-state index contributed by atoms with van der Waals surface area (Å²) in [5.74, 6) is 1.58. The first kappa shape index (κ1) is 25.4. The highest BCUT2D eigenvalue weighted by atomic mass is 127. The topological polar surface area (TPSA) is 75.2 Å². The summed E-state index contributed by atoms with van der Waals surface area (Å²) < 4.78 is 10.7. The number of guanidine groups is 1. The Morgan fingerprint density at radius 3 is 2.68 bits per heavy atom. The molecular formula is C20H39IN4O3. The Labute approximate surface area is 187 Å². The Kier molecular flexibility index (Phi) is 13.9. The fraction of sp³-hybridized carbons (Fsp3) is 0.900. The molecule has 2 rings (SSSR count). The molecule has 1 aliphatic heterocycles. The minimum absolute atomic E-state index is 0. The monoisotopic (exact) mass is 510 g/mol. The van der Waals surface area contributed by atoms with Crippen molar-refractivity contribution in [2.75, 3.05) is 53.1 Å². The number of halogens is 1. The predicted molar refractivity (Wildman–Crippen MR) is 123 cm³/mol. The predicted octanol–water partition coefficient (Wildman–Crippen LogP) is 2.39. The number of ether oxygens (including phenoxy) is 2. The van der Waals surface area contributed by atoms with Crippen molar-refractivity contribution in [3.05, 3.63) is 0 Å². The second-order valence-corrected chi connectivity index (χ2v) is 7.56. The number of rotatable bonds is 10. The van der Waals surface area contributed by atoms with Gasteiger partial charge in [-0.15, -0.1) is 24.0 Å². The maximum atomic E-state index is 12.2. The SMILES string of the molecule is CCNC(=NCCC(=O)NC1CCCCC1)N1CCC(COCCOC)C1.I. The van der Waals surface area contributed by atoms with E-state index >= 15 is 0 Å². The maximum Gasteiger partial charge on any atom is 0.222 e. The molecule has 7 nitrogen and oxygen atoms in total. The lowest BCUT2D eigenvalue weighted by molar-refractivity contribution is -0.121. The summed E-state index contributed by atoms with van der Waals surface area (Å²) in [6.45, 7) is 7.44. The summed E-state index contributed by atoms with van der Waals surface area (Å²) in [4.78, 5) is 19.1. The van der Waals surface area contributed by atoms with Crippen LogP contribution in [-0.2, 0) is 14.3 Å². The van der Waals surface area contributed by atoms with Gasteiger partial charge in [-0.25, -0.2) is 0 Å². The molecule has 2 aliphatic rings. The summed E-state index contributed by atoms with van der Waals surface area (Å²) in [5, 5.41) is 6.53. The van der Waals surface area contributed by atoms with E-state index in [1.165, 1.54) is 19.3 Å². The molecule has 0 spiro atoms. The van der Waals surface area contributed by atoms with Crippen molar-refractivity contribution >= 4 is 35.8 Å². The van der Waals surface area contributed by atoms with Crippen molar-refractivity contribution in [2.24, 2.45) is 10.9 Å². The molecule has 0 bridgehead atoms. The molecule has 1 aliphatic carbocycles. The van der Waals surface area contributed by atoms with Crippen molar-refractivity contribution in [1.29, 1.82) is 0 Å². The summed E-state index contributed by atoms with van der Waals surface area (Å²) in [7, 11) is 1.69. The van der Waals surface area contributed by atoms with E-state index in [0.29, 0.717) is 38.1 Å². The third-order valence-corrected chi connectivity index (χ3v) is 5.28. The molecule has 0 aromatic heterocycles. The van der Waals surface area contributed by atoms with Crippen LogP contribution in [0.1, 0.15) is 51.9 Å². The summed E-state index contributed by atoms with van der Waals surface area (Å²) in [6.07, 6.45) is 7.59. The molecule has 1 saturated carbocycles. The van der Waals surface area contributed by atoms with Gasteiger partial charge in [0.1, 0.15) is 0 Å². The van der Waals surface area contributed by atoms with E-state index in [9.17, 15) is 4.79 Å². The van der Waals surface area contributed by atoms with E-state index in [1.54, 1.807) is 7.11 Å². The van der Waals surface area contributed by atoms with Gasteiger partial charge in [0.05, 0.1) is 26.4 Å². The molecule has 28 heavy (non-hydrogen) atoms. The van der Waals surface area contributed by atoms with Crippen molar-refractivity contribution in [1.82, 2.24) is 15.5 Å². The fourth-order valence-corrected chi connectivity index (χ4v) is 3.79. The molecule has 0 aromatic carbocycles. The lowest BCUT2D eigenvalue weighted by Gasteiger charge is -2.23. The first-order chi connectivity index (χ1) is 13.2. The van der Waals surface area contributed by atoms with Gasteiger partial charge < -0.3 is 25.0 Å². The number of hydrogen-bond donors (Lipinski definition) is 2. The van der Waals surface area contributed by atoms with Crippen LogP contribution < -0.4 is 10.6 Å². The summed E-state index contributed by atoms with van der Waals surface area (Å²) in [6, 6.07) is 0.376. The standard InChI is InChI=1S/C20H38N4O3.HI/c1-3-21-20(24-12-10-17(15-24)16-27-14-13-26-2)22-11-9-19(25)23-18-7-5-4-6-8-18;/h17-18H,3-16H2,1-2H3,(H,21,22)(H,23,25);1H. The zero-order valence-electron chi connectivity index (χ0n) is 17.6. The fourth-order valence-electron chi connectivity index (χ4n) is 3.79. The Bertz CT molecular complexity index is 459. The number of aliphatic imine (C=N–C) groups is 1. The van der Waals surface area contributed by atoms with Gasteiger partial charge in [0.25, 0.3) is 0 Å². The van der Waals surface area contributed by atoms with Gasteiger partial charge in [0.2, 0.25) is 5.91 Å². The van der Waals surface area contributed by atoms with Crippen LogP contribution >= 0.6 is 24.0 Å². The van der Waals surface area contributed by atoms with Gasteiger partial charge in [-0.2, -0.15) is 0 Å². The Hall–Kier alpha value is -0.610. The zero-order valence-corrected chi connectivity index (χ0v) is 19.9. The lowest BCUT2D eigenvalue weighted by atomic mass is 9.95. The Balaban J connectivity index is 0.00000392. The van der Waals surface area contributed by atoms with Crippen molar-refractivity contribution in [3.8, 4) is 0 Å². The number of carbonyl (C=O) groups is 1. The van der Waals surface area contributed by atoms with Crippen LogP contribution in [0.15, 0.2) is 4.99 Å². The van der Waals surface area contributed by atoms with Crippen molar-refractivity contribution in [3.63, 3.8) is 0 Å². The van der Waals surface area contributed by atoms with Crippen molar-refractivity contribution < 1.29 is 14.3 Å². The number of likely N-dealkylation sites (tertiary alicyclic amines) is 1. The van der Waals surface area contributed by atoms with Crippen LogP contribution in [0, 0.1) is 5.92 Å². The second-order valence-electron chi connectivity index (χ2n) is 7.56. The van der Waals surface area contributed by atoms with Gasteiger partial charge >= 0.3 is 0 Å². The van der Waals surface area contributed by atoms with E-state index < -0.39 is 0 Å². The van der Waals surface area contributed by atoms with Crippen LogP contribution in [0.4, 0.5) is 0 Å². The largest absolute Gasteiger partial charge is 0.382 e. The van der Waals surface area contributed by atoms with E-state index in [1.807, 2.05) is 0 Å². The lowest BCUT2D eigenvalue weighted by Crippen LogP contribution is -2.40. The average Bonchev–Trinajstić information content (AvgIpc) is 3.14. The van der Waals surface area contributed by atoms with Gasteiger partial charge in [0, 0.05) is 45.1 Å². The van der Waals surface area contributed by atoms with Gasteiger partial charge in [-0.1, -0.05) is 19.3 Å². The minimum atomic E-state index is 0. The molecule has 1 atom stereocenters. The molecule has 2 fully saturated rings. The van der Waals surface area contributed by atoms with Crippen LogP contribution in [0.25, 0.3) is 0 Å². The van der Waals surface area contributed by atoms with Crippen LogP contribution in [-0.4, -0.2) is 75.9 Å². The van der Waals surface area contributed by atoms with Gasteiger partial charge in [-0.3, -0.25) is 9.79 Å². The smallest absolute Gasteiger partial charge is 0.222 e. The van der Waals surface area contributed by atoms with E-state index in [0.717, 1.165) is 51.5 Å². The summed E-state index contributed by atoms with van der Waals surface area (Å²) in [5.41, 5.74) is 0. The van der Waals surface area contributed by atoms with Crippen LogP contribution in [0.3, 0.4) is 0 Å². The molecule has 8 heteroatoms. The second kappa shape index (κ2) is 15.3. The Morgan fingerprint density at radius 1 is 1.18 bits per heavy atom. The van der Waals surface area contributed by atoms with Gasteiger partial charge in [0.15, 0.2) is 5.96 Å². The number of nitrogens with zero attached hydrogens (tertiary/aromatic N) is 2. The number of hydrogen-bond acceptors (Lipinski definition) is 4. The zero-order chi connectivity index (χ0) is 19.3. The third-order valence-electron chi connectivity index (χ3n) is 5.28. The number of methoxy groups -OCH3 is 1. The minimum Gasteiger partial charge on any atom is -0.382 e. The molecule has 0 radical (unpaired) electrons. The Morgan fingerprint density at radius 2 is 1.96 bits per heavy atom. The molecule has 1 heterocycles. The van der Waals surface area contributed by atoms with E-state index in [2.05, 4.69) is 27.4 Å². The van der Waals surface area contributed by atoms with E-state index in [-0.39, 0.29) is 29.9 Å². The van der Waals surface area contributed by atoms with Gasteiger partial charge in [-0.05, 0) is 26.2 Å². The highest BCUT2D eigenvalue weighted by Gasteiger charge is 2.25. The highest BCUT2D eigenvalue weighted by Crippen LogP contribution is 2.18. The first-order valence-corrected chi connectivity index (χ1v) is 10.6. The van der Waals surface area contributed by atoms with Crippen LogP contribution in [0.5, 0.6) is 0 Å². The average molecular weight is 510 g/mol. The molecule has 0 aromatic rings. The van der Waals surface area contributed by atoms with E-state index in [4.69, 9.17) is 9.47 Å². The quantitative estimate of drug-likeness (QED) is 0.204. The number of amides is 1. The molecule has 164 valence electrons. The molecular weight excluding hydrogens is 471 g/mol. The first-order valence-electron chi connectivity index (χ1n) is 10.6. The van der Waals surface area contributed by atoms with Crippen LogP contribution in [0.2, 0.25) is 0 Å². The summed E-state index contributed by atoms with van der Waals surface area (Å²) >= 11 is 0. The molecule has 2 N–H and O–H groups in total. The highest BCUT2D eigenvalue weighted by molar-refractivity contribution is 14.0. The third kappa shape index (κ3) is 9.73. The van der Waals surface area contributed by atoms with Crippen molar-refractivity contribution in [2.45, 2.75) is 57.9 Å². The number of nitrogens with one attached hydrogen (secondary N) is 2. The molecule has 1 saturated heterocycles. The molecule has 1 unspecified atom stereocenters. The normalized spacial score (nSPS) is 20.7.